The summed E-state index contributed by atoms with van der Waals surface area (Å²) in [7, 11) is 0. The van der Waals surface area contributed by atoms with E-state index in [-0.39, 0.29) is 28.5 Å². The van der Waals surface area contributed by atoms with Crippen molar-refractivity contribution in [1.29, 1.82) is 5.41 Å². The number of aromatic hydroxyl groups is 2. The molecule has 0 aliphatic carbocycles. The number of phenols is 1. The Kier molecular flexibility index (Phi) is 2.89. The van der Waals surface area contributed by atoms with Crippen LogP contribution in [0.4, 0.5) is 0 Å². The van der Waals surface area contributed by atoms with Crippen LogP contribution < -0.4 is 5.63 Å². The van der Waals surface area contributed by atoms with E-state index in [1.165, 1.54) is 37.3 Å². The van der Waals surface area contributed by atoms with E-state index in [4.69, 9.17) is 14.9 Å². The first-order chi connectivity index (χ1) is 8.49. The van der Waals surface area contributed by atoms with Crippen molar-refractivity contribution >= 4 is 5.71 Å². The van der Waals surface area contributed by atoms with Crippen molar-refractivity contribution < 1.29 is 14.6 Å². The molecule has 1 aromatic heterocycles. The number of phenolic OH excluding ortho intramolecular Hbond substituents is 1. The van der Waals surface area contributed by atoms with E-state index in [0.29, 0.717) is 5.56 Å². The Morgan fingerprint density at radius 3 is 2.39 bits per heavy atom. The highest BCUT2D eigenvalue weighted by Crippen LogP contribution is 2.19. The van der Waals surface area contributed by atoms with Gasteiger partial charge in [0.1, 0.15) is 22.8 Å². The lowest BCUT2D eigenvalue weighted by Crippen LogP contribution is -2.15. The summed E-state index contributed by atoms with van der Waals surface area (Å²) < 4.78 is 4.85. The lowest BCUT2D eigenvalue weighted by atomic mass is 10.0. The highest BCUT2D eigenvalue weighted by atomic mass is 16.4. The van der Waals surface area contributed by atoms with E-state index in [1.807, 2.05) is 0 Å². The zero-order valence-electron chi connectivity index (χ0n) is 9.60. The van der Waals surface area contributed by atoms with Gasteiger partial charge >= 0.3 is 5.63 Å². The van der Waals surface area contributed by atoms with Crippen molar-refractivity contribution in [3.05, 3.63) is 57.6 Å². The van der Waals surface area contributed by atoms with Crippen LogP contribution in [0.15, 0.2) is 39.5 Å². The van der Waals surface area contributed by atoms with Gasteiger partial charge in [0.25, 0.3) is 0 Å². The molecule has 92 valence electrons. The maximum atomic E-state index is 11.6. The molecule has 0 unspecified atom stereocenters. The van der Waals surface area contributed by atoms with Gasteiger partial charge in [0, 0.05) is 11.6 Å². The van der Waals surface area contributed by atoms with Crippen molar-refractivity contribution in [2.75, 3.05) is 0 Å². The molecule has 0 bridgehead atoms. The summed E-state index contributed by atoms with van der Waals surface area (Å²) in [6.45, 7) is 1.54. The molecule has 0 fully saturated rings. The van der Waals surface area contributed by atoms with E-state index in [9.17, 15) is 9.90 Å². The van der Waals surface area contributed by atoms with E-state index in [1.54, 1.807) is 0 Å². The van der Waals surface area contributed by atoms with E-state index in [0.717, 1.165) is 0 Å². The first-order valence-corrected chi connectivity index (χ1v) is 5.21. The number of hydrogen-bond donors (Lipinski definition) is 3. The monoisotopic (exact) mass is 245 g/mol. The summed E-state index contributed by atoms with van der Waals surface area (Å²) in [6, 6.07) is 7.05. The van der Waals surface area contributed by atoms with Crippen LogP contribution in [0, 0.1) is 12.3 Å². The van der Waals surface area contributed by atoms with Gasteiger partial charge in [0.05, 0.1) is 5.71 Å². The average molecular weight is 245 g/mol. The Morgan fingerprint density at radius 1 is 1.22 bits per heavy atom. The molecule has 5 heteroatoms. The van der Waals surface area contributed by atoms with Gasteiger partial charge in [0.15, 0.2) is 0 Å². The number of benzene rings is 1. The average Bonchev–Trinajstić information content (AvgIpc) is 2.28. The standard InChI is InChI=1S/C13H11NO4/c1-7-6-10(16)11(13(17)18-7)12(14)8-2-4-9(15)5-3-8/h2-6,14-16H,1H3. The lowest BCUT2D eigenvalue weighted by Gasteiger charge is -2.06. The lowest BCUT2D eigenvalue weighted by molar-refractivity contribution is 0.432. The van der Waals surface area contributed by atoms with Crippen LogP contribution in [0.5, 0.6) is 11.5 Å². The SMILES string of the molecule is Cc1cc(O)c(C(=N)c2ccc(O)cc2)c(=O)o1. The van der Waals surface area contributed by atoms with Crippen LogP contribution in [0.2, 0.25) is 0 Å². The van der Waals surface area contributed by atoms with E-state index in [2.05, 4.69) is 0 Å². The van der Waals surface area contributed by atoms with Crippen LogP contribution in [0.25, 0.3) is 0 Å². The third-order valence-corrected chi connectivity index (χ3v) is 2.46. The summed E-state index contributed by atoms with van der Waals surface area (Å²) in [5, 5.41) is 26.8. The molecule has 0 aliphatic rings. The van der Waals surface area contributed by atoms with Crippen LogP contribution >= 0.6 is 0 Å². The molecule has 1 aromatic carbocycles. The quantitative estimate of drug-likeness (QED) is 0.703. The first-order valence-electron chi connectivity index (χ1n) is 5.21. The summed E-state index contributed by atoms with van der Waals surface area (Å²) >= 11 is 0. The predicted molar refractivity (Wildman–Crippen MR) is 65.4 cm³/mol. The van der Waals surface area contributed by atoms with E-state index < -0.39 is 5.63 Å². The topological polar surface area (TPSA) is 94.5 Å². The summed E-state index contributed by atoms with van der Waals surface area (Å²) in [5.74, 6) is 0.0493. The van der Waals surface area contributed by atoms with Crippen LogP contribution in [-0.4, -0.2) is 15.9 Å². The van der Waals surface area contributed by atoms with Crippen molar-refractivity contribution in [3.8, 4) is 11.5 Å². The highest BCUT2D eigenvalue weighted by molar-refractivity contribution is 6.12. The molecular formula is C13H11NO4. The maximum absolute atomic E-state index is 11.6. The zero-order chi connectivity index (χ0) is 13.3. The Bertz CT molecular complexity index is 656. The fraction of sp³-hybridized carbons (Fsp3) is 0.0769. The second kappa shape index (κ2) is 4.37. The molecule has 0 atom stereocenters. The molecule has 1 heterocycles. The van der Waals surface area contributed by atoms with Crippen molar-refractivity contribution in [3.63, 3.8) is 0 Å². The predicted octanol–water partition coefficient (Wildman–Crippen LogP) is 1.78. The molecule has 0 amide bonds. The second-order valence-electron chi connectivity index (χ2n) is 3.83. The fourth-order valence-electron chi connectivity index (χ4n) is 1.60. The second-order valence-corrected chi connectivity index (χ2v) is 3.83. The van der Waals surface area contributed by atoms with Gasteiger partial charge in [0.2, 0.25) is 0 Å². The minimum absolute atomic E-state index is 0.0618. The number of nitrogens with one attached hydrogen (secondary N) is 1. The molecule has 3 N–H and O–H groups in total. The Hall–Kier alpha value is -2.56. The summed E-state index contributed by atoms with van der Waals surface area (Å²) in [6.07, 6.45) is 0. The van der Waals surface area contributed by atoms with Crippen molar-refractivity contribution in [2.45, 2.75) is 6.92 Å². The smallest absolute Gasteiger partial charge is 0.349 e. The van der Waals surface area contributed by atoms with Crippen molar-refractivity contribution in [2.24, 2.45) is 0 Å². The Morgan fingerprint density at radius 2 is 1.83 bits per heavy atom. The minimum Gasteiger partial charge on any atom is -0.508 e. The molecular weight excluding hydrogens is 234 g/mol. The van der Waals surface area contributed by atoms with E-state index >= 15 is 0 Å². The number of aryl methyl sites for hydroxylation is 1. The van der Waals surface area contributed by atoms with Gasteiger partial charge in [-0.3, -0.25) is 5.41 Å². The molecule has 5 nitrogen and oxygen atoms in total. The molecule has 0 spiro atoms. The zero-order valence-corrected chi connectivity index (χ0v) is 9.60. The third-order valence-electron chi connectivity index (χ3n) is 2.46. The Balaban J connectivity index is 2.53. The normalized spacial score (nSPS) is 10.3. The molecule has 2 rings (SSSR count). The van der Waals surface area contributed by atoms with Gasteiger partial charge in [-0.25, -0.2) is 4.79 Å². The summed E-state index contributed by atoms with van der Waals surface area (Å²) in [5.41, 5.74) is -0.697. The molecule has 0 saturated carbocycles. The van der Waals surface area contributed by atoms with Gasteiger partial charge in [-0.1, -0.05) is 0 Å². The number of rotatable bonds is 2. The fourth-order valence-corrected chi connectivity index (χ4v) is 1.60. The van der Waals surface area contributed by atoms with Gasteiger partial charge in [-0.15, -0.1) is 0 Å². The van der Waals surface area contributed by atoms with Crippen LogP contribution in [0.3, 0.4) is 0 Å². The van der Waals surface area contributed by atoms with Crippen molar-refractivity contribution in [1.82, 2.24) is 0 Å². The molecule has 18 heavy (non-hydrogen) atoms. The molecule has 0 saturated heterocycles. The van der Waals surface area contributed by atoms with Crippen LogP contribution in [-0.2, 0) is 0 Å². The number of hydrogen-bond acceptors (Lipinski definition) is 5. The van der Waals surface area contributed by atoms with Gasteiger partial charge in [-0.05, 0) is 31.2 Å². The maximum Gasteiger partial charge on any atom is 0.349 e. The minimum atomic E-state index is -0.759. The van der Waals surface area contributed by atoms with Gasteiger partial charge in [-0.2, -0.15) is 0 Å². The molecule has 2 aromatic rings. The first kappa shape index (κ1) is 11.9. The largest absolute Gasteiger partial charge is 0.508 e. The van der Waals surface area contributed by atoms with Crippen LogP contribution in [0.1, 0.15) is 16.9 Å². The molecule has 0 radical (unpaired) electrons. The third kappa shape index (κ3) is 2.10. The Labute approximate surface area is 102 Å². The van der Waals surface area contributed by atoms with Gasteiger partial charge < -0.3 is 14.6 Å². The molecule has 0 aliphatic heterocycles. The summed E-state index contributed by atoms with van der Waals surface area (Å²) in [4.78, 5) is 11.6. The highest BCUT2D eigenvalue weighted by Gasteiger charge is 2.16.